The molecule has 4 aromatic rings. The van der Waals surface area contributed by atoms with Gasteiger partial charge in [-0.1, -0.05) is 12.1 Å². The fourth-order valence-electron chi connectivity index (χ4n) is 2.70. The van der Waals surface area contributed by atoms with E-state index in [-0.39, 0.29) is 11.7 Å². The van der Waals surface area contributed by atoms with Gasteiger partial charge in [-0.25, -0.2) is 14.1 Å². The van der Waals surface area contributed by atoms with Crippen molar-refractivity contribution in [3.63, 3.8) is 0 Å². The molecule has 1 amide bonds. The summed E-state index contributed by atoms with van der Waals surface area (Å²) in [6.07, 6.45) is 3.23. The van der Waals surface area contributed by atoms with E-state index in [0.29, 0.717) is 27.8 Å². The highest BCUT2D eigenvalue weighted by atomic mass is 32.1. The quantitative estimate of drug-likeness (QED) is 0.545. The van der Waals surface area contributed by atoms with E-state index in [1.165, 1.54) is 23.5 Å². The molecule has 0 atom stereocenters. The summed E-state index contributed by atoms with van der Waals surface area (Å²) in [7, 11) is 1.58. The van der Waals surface area contributed by atoms with Crippen LogP contribution in [0, 0.1) is 5.82 Å². The maximum atomic E-state index is 13.3. The fourth-order valence-corrected chi connectivity index (χ4v) is 3.22. The maximum Gasteiger partial charge on any atom is 0.261 e. The molecule has 0 bridgehead atoms. The SMILES string of the molecule is COc1cccc(-c2nn(-c3ccc(F)cc3)cc2C(=O)Nc2nccs2)c1. The van der Waals surface area contributed by atoms with Gasteiger partial charge in [-0.3, -0.25) is 10.1 Å². The van der Waals surface area contributed by atoms with Gasteiger partial charge in [0.05, 0.1) is 18.4 Å². The zero-order valence-electron chi connectivity index (χ0n) is 14.8. The first-order valence-electron chi connectivity index (χ1n) is 8.35. The molecule has 6 nitrogen and oxygen atoms in total. The molecule has 0 unspecified atom stereocenters. The van der Waals surface area contributed by atoms with Crippen LogP contribution in [0.5, 0.6) is 5.75 Å². The van der Waals surface area contributed by atoms with E-state index in [4.69, 9.17) is 4.74 Å². The van der Waals surface area contributed by atoms with Gasteiger partial charge in [0.1, 0.15) is 17.3 Å². The van der Waals surface area contributed by atoms with Crippen molar-refractivity contribution in [1.29, 1.82) is 0 Å². The van der Waals surface area contributed by atoms with Gasteiger partial charge in [-0.15, -0.1) is 11.3 Å². The summed E-state index contributed by atoms with van der Waals surface area (Å²) in [6.45, 7) is 0. The summed E-state index contributed by atoms with van der Waals surface area (Å²) < 4.78 is 20.1. The average molecular weight is 394 g/mol. The Balaban J connectivity index is 1.79. The van der Waals surface area contributed by atoms with Gasteiger partial charge < -0.3 is 4.74 Å². The van der Waals surface area contributed by atoms with Crippen LogP contribution >= 0.6 is 11.3 Å². The number of nitrogens with one attached hydrogen (secondary N) is 1. The molecule has 2 heterocycles. The number of carbonyl (C=O) groups excluding carboxylic acids is 1. The zero-order valence-corrected chi connectivity index (χ0v) is 15.6. The summed E-state index contributed by atoms with van der Waals surface area (Å²) >= 11 is 1.33. The summed E-state index contributed by atoms with van der Waals surface area (Å²) in [4.78, 5) is 17.0. The van der Waals surface area contributed by atoms with E-state index in [2.05, 4.69) is 15.4 Å². The lowest BCUT2D eigenvalue weighted by atomic mass is 10.1. The molecule has 0 saturated heterocycles. The molecular formula is C20H15FN4O2S. The predicted octanol–water partition coefficient (Wildman–Crippen LogP) is 4.40. The van der Waals surface area contributed by atoms with Crippen LogP contribution in [0.1, 0.15) is 10.4 Å². The number of ether oxygens (including phenoxy) is 1. The largest absolute Gasteiger partial charge is 0.497 e. The van der Waals surface area contributed by atoms with E-state index >= 15 is 0 Å². The van der Waals surface area contributed by atoms with Crippen molar-refractivity contribution < 1.29 is 13.9 Å². The van der Waals surface area contributed by atoms with Crippen LogP contribution in [0.25, 0.3) is 16.9 Å². The Labute approximate surface area is 164 Å². The lowest BCUT2D eigenvalue weighted by Crippen LogP contribution is -2.12. The van der Waals surface area contributed by atoms with Gasteiger partial charge in [-0.05, 0) is 36.4 Å². The number of carbonyl (C=O) groups is 1. The maximum absolute atomic E-state index is 13.3. The van der Waals surface area contributed by atoms with E-state index in [1.807, 2.05) is 18.2 Å². The van der Waals surface area contributed by atoms with Crippen molar-refractivity contribution in [3.05, 3.63) is 77.7 Å². The second-order valence-electron chi connectivity index (χ2n) is 5.84. The summed E-state index contributed by atoms with van der Waals surface area (Å²) in [5.41, 5.74) is 2.22. The third kappa shape index (κ3) is 3.63. The molecule has 0 aliphatic rings. The van der Waals surface area contributed by atoms with Crippen molar-refractivity contribution >= 4 is 22.4 Å². The lowest BCUT2D eigenvalue weighted by Gasteiger charge is -2.05. The molecule has 140 valence electrons. The molecule has 0 spiro atoms. The molecule has 0 aliphatic heterocycles. The Hall–Kier alpha value is -3.52. The Kier molecular flexibility index (Phi) is 4.86. The molecule has 28 heavy (non-hydrogen) atoms. The van der Waals surface area contributed by atoms with Gasteiger partial charge in [0.15, 0.2) is 5.13 Å². The van der Waals surface area contributed by atoms with Crippen LogP contribution in [0.15, 0.2) is 66.3 Å². The van der Waals surface area contributed by atoms with Gasteiger partial charge in [0, 0.05) is 23.3 Å². The number of methoxy groups -OCH3 is 1. The van der Waals surface area contributed by atoms with Crippen LogP contribution in [0.3, 0.4) is 0 Å². The number of hydrogen-bond donors (Lipinski definition) is 1. The van der Waals surface area contributed by atoms with Crippen LogP contribution in [-0.2, 0) is 0 Å². The highest BCUT2D eigenvalue weighted by Crippen LogP contribution is 2.28. The number of rotatable bonds is 5. The third-order valence-corrected chi connectivity index (χ3v) is 4.73. The lowest BCUT2D eigenvalue weighted by molar-refractivity contribution is 0.102. The molecular weight excluding hydrogens is 379 g/mol. The number of anilines is 1. The highest BCUT2D eigenvalue weighted by molar-refractivity contribution is 7.13. The Bertz CT molecular complexity index is 1110. The van der Waals surface area contributed by atoms with E-state index in [1.54, 1.807) is 47.8 Å². The Morgan fingerprint density at radius 2 is 2.04 bits per heavy atom. The number of thiazole rings is 1. The molecule has 0 radical (unpaired) electrons. The summed E-state index contributed by atoms with van der Waals surface area (Å²) in [5.74, 6) is -0.0214. The molecule has 2 aromatic heterocycles. The summed E-state index contributed by atoms with van der Waals surface area (Å²) in [5, 5.41) is 9.62. The van der Waals surface area contributed by atoms with Gasteiger partial charge >= 0.3 is 0 Å². The van der Waals surface area contributed by atoms with Crippen LogP contribution < -0.4 is 10.1 Å². The fraction of sp³-hybridized carbons (Fsp3) is 0.0500. The molecule has 1 N–H and O–H groups in total. The number of halogens is 1. The van der Waals surface area contributed by atoms with Crippen LogP contribution in [-0.4, -0.2) is 27.8 Å². The van der Waals surface area contributed by atoms with E-state index in [9.17, 15) is 9.18 Å². The number of aromatic nitrogens is 3. The standard InChI is InChI=1S/C20H15FN4O2S/c1-27-16-4-2-3-13(11-16)18-17(19(26)23-20-22-9-10-28-20)12-25(24-18)15-7-5-14(21)6-8-15/h2-12H,1H3,(H,22,23,26). The molecule has 4 rings (SSSR count). The predicted molar refractivity (Wildman–Crippen MR) is 106 cm³/mol. The second-order valence-corrected chi connectivity index (χ2v) is 6.73. The zero-order chi connectivity index (χ0) is 19.5. The minimum absolute atomic E-state index is 0.332. The molecule has 0 saturated carbocycles. The van der Waals surface area contributed by atoms with Crippen molar-refractivity contribution in [2.45, 2.75) is 0 Å². The Morgan fingerprint density at radius 3 is 2.75 bits per heavy atom. The molecule has 0 aliphatic carbocycles. The topological polar surface area (TPSA) is 69.0 Å². The smallest absolute Gasteiger partial charge is 0.261 e. The second kappa shape index (κ2) is 7.61. The first-order chi connectivity index (χ1) is 13.6. The van der Waals surface area contributed by atoms with Crippen molar-refractivity contribution in [1.82, 2.24) is 14.8 Å². The number of hydrogen-bond acceptors (Lipinski definition) is 5. The monoisotopic (exact) mass is 394 g/mol. The van der Waals surface area contributed by atoms with Gasteiger partial charge in [0.2, 0.25) is 0 Å². The van der Waals surface area contributed by atoms with Crippen molar-refractivity contribution in [2.24, 2.45) is 0 Å². The first-order valence-corrected chi connectivity index (χ1v) is 9.23. The summed E-state index contributed by atoms with van der Waals surface area (Å²) in [6, 6.07) is 13.2. The van der Waals surface area contributed by atoms with Crippen molar-refractivity contribution in [3.8, 4) is 22.7 Å². The number of benzene rings is 2. The molecule has 0 fully saturated rings. The number of amides is 1. The first kappa shape index (κ1) is 17.9. The van der Waals surface area contributed by atoms with Crippen LogP contribution in [0.2, 0.25) is 0 Å². The number of nitrogens with zero attached hydrogens (tertiary/aromatic N) is 3. The normalized spacial score (nSPS) is 10.6. The average Bonchev–Trinajstić information content (AvgIpc) is 3.38. The van der Waals surface area contributed by atoms with Crippen molar-refractivity contribution in [2.75, 3.05) is 12.4 Å². The third-order valence-electron chi connectivity index (χ3n) is 4.05. The van der Waals surface area contributed by atoms with Gasteiger partial charge in [0.25, 0.3) is 5.91 Å². The molecule has 8 heteroatoms. The minimum Gasteiger partial charge on any atom is -0.497 e. The molecule has 2 aromatic carbocycles. The van der Waals surface area contributed by atoms with Crippen LogP contribution in [0.4, 0.5) is 9.52 Å². The van der Waals surface area contributed by atoms with Gasteiger partial charge in [-0.2, -0.15) is 5.10 Å². The highest BCUT2D eigenvalue weighted by Gasteiger charge is 2.20. The van der Waals surface area contributed by atoms with E-state index < -0.39 is 0 Å². The van der Waals surface area contributed by atoms with E-state index in [0.717, 1.165) is 5.56 Å². The minimum atomic E-state index is -0.342. The Morgan fingerprint density at radius 1 is 1.21 bits per heavy atom.